The fraction of sp³-hybridized carbons (Fsp3) is 1.00. The molecule has 0 bridgehead atoms. The van der Waals surface area contributed by atoms with Gasteiger partial charge in [0.25, 0.3) is 0 Å². The topological polar surface area (TPSA) is 36.9 Å². The summed E-state index contributed by atoms with van der Waals surface area (Å²) in [4.78, 5) is 23.7. The molecule has 0 atom stereocenters. The molecule has 4 heteroatoms. The molecule has 0 amide bonds. The van der Waals surface area contributed by atoms with Crippen LogP contribution in [-0.4, -0.2) is 17.0 Å². The Labute approximate surface area is 162 Å². The zero-order chi connectivity index (χ0) is 19.5. The lowest BCUT2D eigenvalue weighted by Crippen LogP contribution is -2.42. The summed E-state index contributed by atoms with van der Waals surface area (Å²) in [5.74, 6) is -0.807. The van der Waals surface area contributed by atoms with Gasteiger partial charge >= 0.3 is 0 Å². The molecular weight excluding hydrogens is 328 g/mol. The summed E-state index contributed by atoms with van der Waals surface area (Å²) in [6.07, 6.45) is 14.6. The monoisotopic (exact) mass is 372 g/mol. The van der Waals surface area contributed by atoms with Crippen molar-refractivity contribution in [2.45, 2.75) is 142 Å². The van der Waals surface area contributed by atoms with Crippen LogP contribution in [0, 0.1) is 0 Å². The van der Waals surface area contributed by atoms with E-state index >= 15 is 0 Å². The number of rotatable bonds is 8. The van der Waals surface area contributed by atoms with Crippen LogP contribution < -0.4 is 0 Å². The molecule has 1 aliphatic rings. The molecule has 1 aliphatic carbocycles. The number of hydrogen-bond donors (Lipinski definition) is 0. The zero-order valence-electron chi connectivity index (χ0n) is 18.3. The summed E-state index contributed by atoms with van der Waals surface area (Å²) in [5.41, 5.74) is -0.666. The summed E-state index contributed by atoms with van der Waals surface area (Å²) in [6, 6.07) is 0. The maximum Gasteiger partial charge on any atom is 0.234 e. The second kappa shape index (κ2) is 11.6. The van der Waals surface area contributed by atoms with E-state index in [0.29, 0.717) is 0 Å². The fourth-order valence-corrected chi connectivity index (χ4v) is 2.83. The van der Waals surface area contributed by atoms with E-state index in [0.717, 1.165) is 38.5 Å². The Balaban J connectivity index is 2.83. The summed E-state index contributed by atoms with van der Waals surface area (Å²) >= 11 is 0. The molecule has 1 saturated carbocycles. The molecule has 1 fully saturated rings. The standard InChI is InChI=1S/C22H44O4/c1-7-20(3,4)23-25-22(26-24-21(5,6)8-2)18-16-14-12-10-9-11-13-15-17-19-22/h7-19H2,1-6H3. The van der Waals surface area contributed by atoms with E-state index in [1.54, 1.807) is 0 Å². The van der Waals surface area contributed by atoms with Gasteiger partial charge in [0.1, 0.15) is 0 Å². The molecule has 0 spiro atoms. The fourth-order valence-electron chi connectivity index (χ4n) is 2.83. The van der Waals surface area contributed by atoms with E-state index in [4.69, 9.17) is 19.6 Å². The van der Waals surface area contributed by atoms with Gasteiger partial charge in [0, 0.05) is 12.8 Å². The van der Waals surface area contributed by atoms with Crippen molar-refractivity contribution in [2.75, 3.05) is 0 Å². The van der Waals surface area contributed by atoms with Crippen molar-refractivity contribution in [2.24, 2.45) is 0 Å². The van der Waals surface area contributed by atoms with Crippen molar-refractivity contribution in [3.63, 3.8) is 0 Å². The maximum absolute atomic E-state index is 6.02. The Morgan fingerprint density at radius 2 is 0.885 bits per heavy atom. The minimum Gasteiger partial charge on any atom is -0.228 e. The molecule has 0 aromatic rings. The average Bonchev–Trinajstić information content (AvgIpc) is 2.61. The molecule has 0 heterocycles. The van der Waals surface area contributed by atoms with Crippen LogP contribution in [0.3, 0.4) is 0 Å². The Hall–Kier alpha value is -0.160. The highest BCUT2D eigenvalue weighted by atomic mass is 17.3. The van der Waals surface area contributed by atoms with Gasteiger partial charge in [0.05, 0.1) is 11.2 Å². The van der Waals surface area contributed by atoms with Crippen LogP contribution in [0.4, 0.5) is 0 Å². The van der Waals surface area contributed by atoms with Crippen molar-refractivity contribution in [1.29, 1.82) is 0 Å². The lowest BCUT2D eigenvalue weighted by atomic mass is 9.97. The van der Waals surface area contributed by atoms with Gasteiger partial charge in [-0.1, -0.05) is 58.8 Å². The molecule has 0 radical (unpaired) electrons. The third-order valence-electron chi connectivity index (χ3n) is 5.66. The molecule has 0 aliphatic heterocycles. The third-order valence-corrected chi connectivity index (χ3v) is 5.66. The van der Waals surface area contributed by atoms with Crippen molar-refractivity contribution in [1.82, 2.24) is 0 Å². The van der Waals surface area contributed by atoms with Gasteiger partial charge in [-0.15, -0.1) is 0 Å². The van der Waals surface area contributed by atoms with E-state index in [-0.39, 0.29) is 11.2 Å². The van der Waals surface area contributed by atoms with Crippen molar-refractivity contribution in [3.05, 3.63) is 0 Å². The molecule has 0 saturated heterocycles. The second-order valence-corrected chi connectivity index (χ2v) is 9.15. The third kappa shape index (κ3) is 9.68. The molecule has 0 N–H and O–H groups in total. The largest absolute Gasteiger partial charge is 0.234 e. The number of hydrogen-bond acceptors (Lipinski definition) is 4. The van der Waals surface area contributed by atoms with Gasteiger partial charge in [0.15, 0.2) is 0 Å². The van der Waals surface area contributed by atoms with Crippen LogP contribution in [0.5, 0.6) is 0 Å². The van der Waals surface area contributed by atoms with E-state index in [2.05, 4.69) is 13.8 Å². The molecule has 0 aromatic heterocycles. The highest BCUT2D eigenvalue weighted by Gasteiger charge is 2.38. The van der Waals surface area contributed by atoms with Gasteiger partial charge in [0.2, 0.25) is 5.79 Å². The van der Waals surface area contributed by atoms with Crippen molar-refractivity contribution in [3.8, 4) is 0 Å². The lowest BCUT2D eigenvalue weighted by molar-refractivity contribution is -0.546. The molecule has 26 heavy (non-hydrogen) atoms. The minimum atomic E-state index is -0.807. The molecule has 0 unspecified atom stereocenters. The molecule has 1 rings (SSSR count). The SMILES string of the molecule is CCC(C)(C)OOC1(OOC(C)(C)CC)CCCCCCCCCCC1. The van der Waals surface area contributed by atoms with Crippen LogP contribution in [0.15, 0.2) is 0 Å². The predicted molar refractivity (Wildman–Crippen MR) is 107 cm³/mol. The van der Waals surface area contributed by atoms with Gasteiger partial charge in [-0.2, -0.15) is 9.78 Å². The molecule has 4 nitrogen and oxygen atoms in total. The lowest BCUT2D eigenvalue weighted by Gasteiger charge is -2.36. The van der Waals surface area contributed by atoms with Crippen LogP contribution in [-0.2, 0) is 19.6 Å². The highest BCUT2D eigenvalue weighted by molar-refractivity contribution is 4.72. The summed E-state index contributed by atoms with van der Waals surface area (Å²) in [5, 5.41) is 0. The van der Waals surface area contributed by atoms with E-state index in [1.165, 1.54) is 44.9 Å². The first-order chi connectivity index (χ1) is 12.2. The first-order valence-corrected chi connectivity index (χ1v) is 11.0. The average molecular weight is 373 g/mol. The van der Waals surface area contributed by atoms with E-state index in [9.17, 15) is 0 Å². The Kier molecular flexibility index (Phi) is 10.7. The summed E-state index contributed by atoms with van der Waals surface area (Å²) in [6.45, 7) is 12.4. The van der Waals surface area contributed by atoms with E-state index < -0.39 is 5.79 Å². The van der Waals surface area contributed by atoms with Gasteiger partial charge < -0.3 is 0 Å². The first kappa shape index (κ1) is 23.9. The van der Waals surface area contributed by atoms with Crippen LogP contribution >= 0.6 is 0 Å². The quantitative estimate of drug-likeness (QED) is 0.255. The molecule has 0 aromatic carbocycles. The Morgan fingerprint density at radius 1 is 0.577 bits per heavy atom. The zero-order valence-corrected chi connectivity index (χ0v) is 18.3. The van der Waals surface area contributed by atoms with Crippen LogP contribution in [0.1, 0.15) is 125 Å². The molecule has 156 valence electrons. The van der Waals surface area contributed by atoms with Gasteiger partial charge in [-0.3, -0.25) is 0 Å². The van der Waals surface area contributed by atoms with Crippen LogP contribution in [0.25, 0.3) is 0 Å². The normalized spacial score (nSPS) is 21.0. The van der Waals surface area contributed by atoms with Crippen LogP contribution in [0.2, 0.25) is 0 Å². The second-order valence-electron chi connectivity index (χ2n) is 9.15. The van der Waals surface area contributed by atoms with Crippen molar-refractivity contribution < 1.29 is 19.6 Å². The Morgan fingerprint density at radius 3 is 1.19 bits per heavy atom. The maximum atomic E-state index is 6.02. The summed E-state index contributed by atoms with van der Waals surface area (Å²) in [7, 11) is 0. The van der Waals surface area contributed by atoms with Gasteiger partial charge in [-0.25, -0.2) is 9.78 Å². The van der Waals surface area contributed by atoms with Crippen molar-refractivity contribution >= 4 is 0 Å². The first-order valence-electron chi connectivity index (χ1n) is 11.0. The Bertz CT molecular complexity index is 331. The van der Waals surface area contributed by atoms with Gasteiger partial charge in [-0.05, 0) is 53.4 Å². The highest BCUT2D eigenvalue weighted by Crippen LogP contribution is 2.34. The minimum absolute atomic E-state index is 0.333. The smallest absolute Gasteiger partial charge is 0.228 e. The van der Waals surface area contributed by atoms with E-state index in [1.807, 2.05) is 27.7 Å². The summed E-state index contributed by atoms with van der Waals surface area (Å²) < 4.78 is 0. The predicted octanol–water partition coefficient (Wildman–Crippen LogP) is 7.26. The molecular formula is C22H44O4.